The van der Waals surface area contributed by atoms with Crippen molar-refractivity contribution >= 4 is 0 Å². The Morgan fingerprint density at radius 1 is 1.47 bits per heavy atom. The molecule has 1 aromatic rings. The van der Waals surface area contributed by atoms with Crippen LogP contribution in [0.15, 0.2) is 12.1 Å². The van der Waals surface area contributed by atoms with Gasteiger partial charge in [0.15, 0.2) is 11.6 Å². The predicted molar refractivity (Wildman–Crippen MR) is 51.5 cm³/mol. The summed E-state index contributed by atoms with van der Waals surface area (Å²) in [6.45, 7) is 1.50. The zero-order valence-electron chi connectivity index (χ0n) is 8.34. The van der Waals surface area contributed by atoms with Crippen molar-refractivity contribution in [3.63, 3.8) is 0 Å². The van der Waals surface area contributed by atoms with Crippen molar-refractivity contribution in [2.45, 2.75) is 13.0 Å². The summed E-state index contributed by atoms with van der Waals surface area (Å²) in [6.07, 6.45) is 0. The molecule has 0 amide bonds. The summed E-state index contributed by atoms with van der Waals surface area (Å²) in [5.41, 5.74) is 5.79. The second-order valence-corrected chi connectivity index (χ2v) is 3.00. The van der Waals surface area contributed by atoms with Gasteiger partial charge in [-0.05, 0) is 13.0 Å². The lowest BCUT2D eigenvalue weighted by Gasteiger charge is -2.15. The number of aliphatic hydroxyl groups is 1. The molecule has 15 heavy (non-hydrogen) atoms. The zero-order chi connectivity index (χ0) is 11.4. The number of rotatable bonds is 4. The van der Waals surface area contributed by atoms with Crippen molar-refractivity contribution in [1.29, 1.82) is 0 Å². The van der Waals surface area contributed by atoms with Gasteiger partial charge in [-0.1, -0.05) is 6.07 Å². The summed E-state index contributed by atoms with van der Waals surface area (Å²) < 4.78 is 31.2. The van der Waals surface area contributed by atoms with Gasteiger partial charge in [-0.3, -0.25) is 0 Å². The molecule has 0 aromatic heterocycles. The van der Waals surface area contributed by atoms with Crippen LogP contribution >= 0.6 is 0 Å². The fourth-order valence-electron chi connectivity index (χ4n) is 1.23. The van der Waals surface area contributed by atoms with E-state index in [1.807, 2.05) is 0 Å². The third-order valence-electron chi connectivity index (χ3n) is 1.97. The minimum Gasteiger partial charge on any atom is -0.490 e. The summed E-state index contributed by atoms with van der Waals surface area (Å²) in [5.74, 6) is -2.29. The molecule has 1 aromatic carbocycles. The third-order valence-corrected chi connectivity index (χ3v) is 1.97. The second-order valence-electron chi connectivity index (χ2n) is 3.00. The van der Waals surface area contributed by atoms with Gasteiger partial charge in [-0.25, -0.2) is 4.39 Å². The van der Waals surface area contributed by atoms with Gasteiger partial charge in [0.25, 0.3) is 0 Å². The molecule has 1 unspecified atom stereocenters. The maximum absolute atomic E-state index is 13.3. The van der Waals surface area contributed by atoms with Gasteiger partial charge in [-0.2, -0.15) is 4.39 Å². The molecule has 0 saturated heterocycles. The number of aliphatic hydroxyl groups excluding tert-OH is 1. The molecule has 5 heteroatoms. The molecule has 3 N–H and O–H groups in total. The van der Waals surface area contributed by atoms with Gasteiger partial charge < -0.3 is 15.6 Å². The Kier molecular flexibility index (Phi) is 3.99. The number of halogens is 2. The topological polar surface area (TPSA) is 55.5 Å². The van der Waals surface area contributed by atoms with Gasteiger partial charge >= 0.3 is 0 Å². The maximum Gasteiger partial charge on any atom is 0.200 e. The maximum atomic E-state index is 13.3. The molecule has 3 nitrogen and oxygen atoms in total. The average molecular weight is 217 g/mol. The van der Waals surface area contributed by atoms with Crippen LogP contribution in [-0.2, 0) is 0 Å². The largest absolute Gasteiger partial charge is 0.490 e. The van der Waals surface area contributed by atoms with E-state index in [-0.39, 0.29) is 24.5 Å². The van der Waals surface area contributed by atoms with Crippen LogP contribution in [0.25, 0.3) is 0 Å². The summed E-state index contributed by atoms with van der Waals surface area (Å²) in [6, 6.07) is 1.49. The molecule has 0 radical (unpaired) electrons. The standard InChI is InChI=1S/C10H13F2NO2/c1-2-15-10-6(8(13)5-14)3-4-7(11)9(10)12/h3-4,8,14H,2,5,13H2,1H3. The van der Waals surface area contributed by atoms with Crippen molar-refractivity contribution in [2.75, 3.05) is 13.2 Å². The molecule has 0 aliphatic carbocycles. The van der Waals surface area contributed by atoms with Crippen molar-refractivity contribution in [2.24, 2.45) is 5.73 Å². The molecule has 1 rings (SSSR count). The smallest absolute Gasteiger partial charge is 0.200 e. The number of hydrogen-bond donors (Lipinski definition) is 2. The molecule has 0 fully saturated rings. The van der Waals surface area contributed by atoms with Crippen LogP contribution in [0.5, 0.6) is 5.75 Å². The highest BCUT2D eigenvalue weighted by Crippen LogP contribution is 2.28. The van der Waals surface area contributed by atoms with Crippen molar-refractivity contribution in [3.8, 4) is 5.75 Å². The Bertz CT molecular complexity index is 344. The normalized spacial score (nSPS) is 12.6. The monoisotopic (exact) mass is 217 g/mol. The Balaban J connectivity index is 3.20. The molecule has 0 aliphatic rings. The lowest BCUT2D eigenvalue weighted by Crippen LogP contribution is -2.17. The Labute approximate surface area is 86.5 Å². The molecule has 1 atom stereocenters. The van der Waals surface area contributed by atoms with Gasteiger partial charge in [0.05, 0.1) is 19.3 Å². The summed E-state index contributed by atoms with van der Waals surface area (Å²) in [7, 11) is 0. The molecule has 0 saturated carbocycles. The van der Waals surface area contributed by atoms with E-state index < -0.39 is 17.7 Å². The first kappa shape index (κ1) is 11.9. The van der Waals surface area contributed by atoms with E-state index in [0.717, 1.165) is 6.07 Å². The van der Waals surface area contributed by atoms with E-state index in [9.17, 15) is 8.78 Å². The Morgan fingerprint density at radius 3 is 2.67 bits per heavy atom. The third kappa shape index (κ3) is 2.43. The number of nitrogens with two attached hydrogens (primary N) is 1. The Morgan fingerprint density at radius 2 is 2.13 bits per heavy atom. The van der Waals surface area contributed by atoms with E-state index in [0.29, 0.717) is 0 Å². The van der Waals surface area contributed by atoms with E-state index in [2.05, 4.69) is 0 Å². The first-order valence-corrected chi connectivity index (χ1v) is 4.59. The highest BCUT2D eigenvalue weighted by Gasteiger charge is 2.18. The van der Waals surface area contributed by atoms with E-state index >= 15 is 0 Å². The van der Waals surface area contributed by atoms with E-state index in [1.54, 1.807) is 6.92 Å². The van der Waals surface area contributed by atoms with Gasteiger partial charge in [0.2, 0.25) is 5.82 Å². The first-order valence-electron chi connectivity index (χ1n) is 4.59. The second kappa shape index (κ2) is 5.04. The fourth-order valence-corrected chi connectivity index (χ4v) is 1.23. The molecule has 84 valence electrons. The Hall–Kier alpha value is -1.20. The van der Waals surface area contributed by atoms with Crippen molar-refractivity contribution in [1.82, 2.24) is 0 Å². The fraction of sp³-hybridized carbons (Fsp3) is 0.400. The van der Waals surface area contributed by atoms with Crippen LogP contribution in [0.2, 0.25) is 0 Å². The van der Waals surface area contributed by atoms with E-state index in [1.165, 1.54) is 6.07 Å². The van der Waals surface area contributed by atoms with Crippen LogP contribution in [0.1, 0.15) is 18.5 Å². The highest BCUT2D eigenvalue weighted by molar-refractivity contribution is 5.38. The number of benzene rings is 1. The lowest BCUT2D eigenvalue weighted by molar-refractivity contribution is 0.258. The van der Waals surface area contributed by atoms with Gasteiger partial charge in [0, 0.05) is 5.56 Å². The average Bonchev–Trinajstić information content (AvgIpc) is 2.24. The van der Waals surface area contributed by atoms with Crippen LogP contribution < -0.4 is 10.5 Å². The predicted octanol–water partition coefficient (Wildman–Crippen LogP) is 1.36. The summed E-state index contributed by atoms with van der Waals surface area (Å²) in [5, 5.41) is 8.84. The molecular weight excluding hydrogens is 204 g/mol. The van der Waals surface area contributed by atoms with Crippen LogP contribution in [0.3, 0.4) is 0 Å². The SMILES string of the molecule is CCOc1c(C(N)CO)ccc(F)c1F. The summed E-state index contributed by atoms with van der Waals surface area (Å²) in [4.78, 5) is 0. The molecule has 0 heterocycles. The molecule has 0 spiro atoms. The minimum atomic E-state index is -1.07. The quantitative estimate of drug-likeness (QED) is 0.800. The van der Waals surface area contributed by atoms with Crippen molar-refractivity contribution < 1.29 is 18.6 Å². The zero-order valence-corrected chi connectivity index (χ0v) is 8.34. The summed E-state index contributed by atoms with van der Waals surface area (Å²) >= 11 is 0. The number of hydrogen-bond acceptors (Lipinski definition) is 3. The van der Waals surface area contributed by atoms with Gasteiger partial charge in [-0.15, -0.1) is 0 Å². The van der Waals surface area contributed by atoms with Crippen LogP contribution in [-0.4, -0.2) is 18.3 Å². The van der Waals surface area contributed by atoms with Crippen LogP contribution in [0, 0.1) is 11.6 Å². The van der Waals surface area contributed by atoms with Crippen molar-refractivity contribution in [3.05, 3.63) is 29.3 Å². The van der Waals surface area contributed by atoms with Crippen LogP contribution in [0.4, 0.5) is 8.78 Å². The molecule has 0 aliphatic heterocycles. The highest BCUT2D eigenvalue weighted by atomic mass is 19.2. The molecular formula is C10H13F2NO2. The molecule has 0 bridgehead atoms. The van der Waals surface area contributed by atoms with Gasteiger partial charge in [0.1, 0.15) is 0 Å². The number of ether oxygens (including phenoxy) is 1. The lowest BCUT2D eigenvalue weighted by atomic mass is 10.1. The minimum absolute atomic E-state index is 0.200. The first-order chi connectivity index (χ1) is 7.11. The van der Waals surface area contributed by atoms with E-state index in [4.69, 9.17) is 15.6 Å².